The SMILES string of the molecule is COc1nc(-c2cccc(-c3cccc(-c4cc5c(c(OC)n4)C(N4CC6(CCC(=O)N6)C4)CC5)c3F)c2F)cnc1CN1CC2(CCC(=O)N2)C1. The zero-order valence-electron chi connectivity index (χ0n) is 29.1. The second-order valence-corrected chi connectivity index (χ2v) is 14.9. The van der Waals surface area contributed by atoms with E-state index in [0.29, 0.717) is 36.7 Å². The Bertz CT molecular complexity index is 2130. The monoisotopic (exact) mass is 707 g/mol. The highest BCUT2D eigenvalue weighted by atomic mass is 19.1. The van der Waals surface area contributed by atoms with Gasteiger partial charge in [-0.15, -0.1) is 0 Å². The van der Waals surface area contributed by atoms with Gasteiger partial charge in [0.05, 0.1) is 42.9 Å². The number of carbonyl (C=O) groups excluding carboxylic acids is 2. The summed E-state index contributed by atoms with van der Waals surface area (Å²) in [6.45, 7) is 3.51. The van der Waals surface area contributed by atoms with Gasteiger partial charge in [0.25, 0.3) is 0 Å². The maximum absolute atomic E-state index is 16.5. The van der Waals surface area contributed by atoms with Crippen LogP contribution in [0.2, 0.25) is 0 Å². The quantitative estimate of drug-likeness (QED) is 0.271. The summed E-state index contributed by atoms with van der Waals surface area (Å²) >= 11 is 0. The summed E-state index contributed by atoms with van der Waals surface area (Å²) in [6, 6.07) is 11.8. The molecule has 268 valence electrons. The van der Waals surface area contributed by atoms with Crippen molar-refractivity contribution >= 4 is 11.8 Å². The maximum Gasteiger partial charge on any atom is 0.237 e. The lowest BCUT2D eigenvalue weighted by molar-refractivity contribution is -0.121. The molecular formula is C39H39F2N7O4. The molecule has 2 aromatic carbocycles. The number of nitrogens with zero attached hydrogens (tertiary/aromatic N) is 5. The van der Waals surface area contributed by atoms with E-state index in [2.05, 4.69) is 30.4 Å². The van der Waals surface area contributed by atoms with Gasteiger partial charge in [0.15, 0.2) is 0 Å². The largest absolute Gasteiger partial charge is 0.481 e. The highest BCUT2D eigenvalue weighted by molar-refractivity contribution is 5.81. The summed E-state index contributed by atoms with van der Waals surface area (Å²) in [6.07, 6.45) is 5.99. The molecule has 0 bridgehead atoms. The molecule has 2 amide bonds. The molecule has 2 N–H and O–H groups in total. The summed E-state index contributed by atoms with van der Waals surface area (Å²) in [5, 5.41) is 6.23. The van der Waals surface area contributed by atoms with Crippen LogP contribution in [0, 0.1) is 11.6 Å². The van der Waals surface area contributed by atoms with Crippen molar-refractivity contribution in [3.8, 4) is 45.4 Å². The summed E-state index contributed by atoms with van der Waals surface area (Å²) in [5.41, 5.74) is 3.68. The lowest BCUT2D eigenvalue weighted by atomic mass is 9.86. The maximum atomic E-state index is 16.5. The molecule has 6 heterocycles. The van der Waals surface area contributed by atoms with E-state index in [-0.39, 0.29) is 62.8 Å². The van der Waals surface area contributed by atoms with Crippen LogP contribution >= 0.6 is 0 Å². The smallest absolute Gasteiger partial charge is 0.237 e. The Labute approximate surface area is 299 Å². The number of aryl methyl sites for hydroxylation is 1. The lowest BCUT2D eigenvalue weighted by Crippen LogP contribution is -2.67. The minimum absolute atomic E-state index is 0.0877. The number of aromatic nitrogens is 3. The Hall–Kier alpha value is -5.01. The normalized spacial score (nSPS) is 21.5. The van der Waals surface area contributed by atoms with Gasteiger partial charge in [-0.3, -0.25) is 24.4 Å². The van der Waals surface area contributed by atoms with Gasteiger partial charge in [-0.25, -0.2) is 18.7 Å². The first-order valence-corrected chi connectivity index (χ1v) is 17.8. The highest BCUT2D eigenvalue weighted by Gasteiger charge is 2.51. The number of amides is 2. The van der Waals surface area contributed by atoms with Gasteiger partial charge in [-0.2, -0.15) is 0 Å². The summed E-state index contributed by atoms with van der Waals surface area (Å²) < 4.78 is 44.2. The highest BCUT2D eigenvalue weighted by Crippen LogP contribution is 2.47. The fourth-order valence-corrected chi connectivity index (χ4v) is 9.02. The Morgan fingerprint density at radius 1 is 0.788 bits per heavy atom. The van der Waals surface area contributed by atoms with Crippen LogP contribution in [-0.4, -0.2) is 88.0 Å². The standard InChI is InChI=1S/C39H39F2N7O4/c1-51-36-29(17-47-18-38(19-47)13-11-31(49)45-38)42-16-28(44-36)26-8-4-6-24(35(26)41)23-5-3-7-25(34(23)40)27-15-22-9-10-30(33(22)37(43-27)52-2)48-20-39(21-48)14-12-32(50)46-39/h3-8,15-16,30H,9-14,17-21H2,1-2H3,(H,45,49)(H,46,50). The predicted octanol–water partition coefficient (Wildman–Crippen LogP) is 4.58. The number of benzene rings is 2. The Kier molecular flexibility index (Phi) is 7.78. The van der Waals surface area contributed by atoms with Gasteiger partial charge < -0.3 is 20.1 Å². The van der Waals surface area contributed by atoms with Gasteiger partial charge in [-0.1, -0.05) is 24.3 Å². The molecule has 0 radical (unpaired) electrons. The first-order chi connectivity index (χ1) is 25.2. The average Bonchev–Trinajstić information content (AvgIpc) is 3.84. The minimum atomic E-state index is -0.627. The van der Waals surface area contributed by atoms with Crippen LogP contribution in [0.15, 0.2) is 48.7 Å². The van der Waals surface area contributed by atoms with Crippen LogP contribution < -0.4 is 20.1 Å². The number of fused-ring (bicyclic) bond motifs is 1. The number of halogens is 2. The predicted molar refractivity (Wildman–Crippen MR) is 187 cm³/mol. The van der Waals surface area contributed by atoms with Crippen molar-refractivity contribution in [3.63, 3.8) is 0 Å². The third kappa shape index (κ3) is 5.40. The molecule has 1 atom stereocenters. The molecule has 4 fully saturated rings. The van der Waals surface area contributed by atoms with Gasteiger partial charge in [0.1, 0.15) is 17.3 Å². The summed E-state index contributed by atoms with van der Waals surface area (Å²) in [4.78, 5) is 42.1. The molecule has 13 heteroatoms. The van der Waals surface area contributed by atoms with E-state index in [1.165, 1.54) is 13.3 Å². The van der Waals surface area contributed by atoms with Crippen LogP contribution in [-0.2, 0) is 22.6 Å². The Morgan fingerprint density at radius 3 is 1.96 bits per heavy atom. The van der Waals surface area contributed by atoms with E-state index in [0.717, 1.165) is 63.0 Å². The van der Waals surface area contributed by atoms with E-state index in [4.69, 9.17) is 14.5 Å². The second-order valence-electron chi connectivity index (χ2n) is 14.9. The third-order valence-corrected chi connectivity index (χ3v) is 11.5. The molecular weight excluding hydrogens is 668 g/mol. The Morgan fingerprint density at radius 2 is 1.37 bits per heavy atom. The van der Waals surface area contributed by atoms with Crippen molar-refractivity contribution in [3.05, 3.63) is 77.1 Å². The summed E-state index contributed by atoms with van der Waals surface area (Å²) in [5.74, 6) is -0.274. The number of rotatable bonds is 8. The number of hydrogen-bond acceptors (Lipinski definition) is 9. The van der Waals surface area contributed by atoms with E-state index in [9.17, 15) is 9.59 Å². The van der Waals surface area contributed by atoms with Crippen molar-refractivity contribution in [2.24, 2.45) is 0 Å². The van der Waals surface area contributed by atoms with Crippen molar-refractivity contribution < 1.29 is 27.8 Å². The van der Waals surface area contributed by atoms with E-state index >= 15 is 8.78 Å². The molecule has 1 aliphatic carbocycles. The fraction of sp³-hybridized carbons (Fsp3) is 0.410. The van der Waals surface area contributed by atoms with Gasteiger partial charge in [-0.05, 0) is 49.4 Å². The van der Waals surface area contributed by atoms with Crippen molar-refractivity contribution in [2.75, 3.05) is 40.4 Å². The molecule has 9 rings (SSSR count). The number of nitrogens with one attached hydrogen (secondary N) is 2. The number of ether oxygens (including phenoxy) is 2. The van der Waals surface area contributed by atoms with Crippen LogP contribution in [0.1, 0.15) is 55.0 Å². The van der Waals surface area contributed by atoms with Crippen molar-refractivity contribution in [2.45, 2.75) is 62.2 Å². The molecule has 4 saturated heterocycles. The number of pyridine rings is 1. The molecule has 5 aliphatic rings. The molecule has 0 saturated carbocycles. The second kappa shape index (κ2) is 12.3. The zero-order chi connectivity index (χ0) is 35.8. The van der Waals surface area contributed by atoms with E-state index < -0.39 is 11.6 Å². The summed E-state index contributed by atoms with van der Waals surface area (Å²) in [7, 11) is 3.07. The molecule has 4 aromatic rings. The molecule has 4 aliphatic heterocycles. The minimum Gasteiger partial charge on any atom is -0.481 e. The van der Waals surface area contributed by atoms with Crippen LogP contribution in [0.5, 0.6) is 11.8 Å². The van der Waals surface area contributed by atoms with E-state index in [1.807, 2.05) is 6.07 Å². The molecule has 1 unspecified atom stereocenters. The van der Waals surface area contributed by atoms with Gasteiger partial charge >= 0.3 is 0 Å². The molecule has 11 nitrogen and oxygen atoms in total. The average molecular weight is 708 g/mol. The first kappa shape index (κ1) is 32.9. The molecule has 2 aromatic heterocycles. The van der Waals surface area contributed by atoms with E-state index in [1.54, 1.807) is 43.5 Å². The van der Waals surface area contributed by atoms with Gasteiger partial charge in [0, 0.05) is 79.4 Å². The van der Waals surface area contributed by atoms with Crippen molar-refractivity contribution in [1.29, 1.82) is 0 Å². The number of hydrogen-bond donors (Lipinski definition) is 2. The number of carbonyl (C=O) groups is 2. The van der Waals surface area contributed by atoms with Crippen LogP contribution in [0.4, 0.5) is 8.78 Å². The fourth-order valence-electron chi connectivity index (χ4n) is 9.02. The Balaban J connectivity index is 0.973. The van der Waals surface area contributed by atoms with Gasteiger partial charge in [0.2, 0.25) is 23.6 Å². The first-order valence-electron chi connectivity index (χ1n) is 17.8. The lowest BCUT2D eigenvalue weighted by Gasteiger charge is -2.50. The molecule has 2 spiro atoms. The number of methoxy groups -OCH3 is 2. The topological polar surface area (TPSA) is 122 Å². The van der Waals surface area contributed by atoms with Crippen molar-refractivity contribution in [1.82, 2.24) is 35.4 Å². The third-order valence-electron chi connectivity index (χ3n) is 11.5. The number of likely N-dealkylation sites (tertiary alicyclic amines) is 2. The van der Waals surface area contributed by atoms with Crippen LogP contribution in [0.3, 0.4) is 0 Å². The molecule has 52 heavy (non-hydrogen) atoms. The zero-order valence-corrected chi connectivity index (χ0v) is 29.1. The van der Waals surface area contributed by atoms with Crippen LogP contribution in [0.25, 0.3) is 33.6 Å².